The van der Waals surface area contributed by atoms with E-state index in [0.717, 1.165) is 11.1 Å². The Kier molecular flexibility index (Phi) is 12.2. The number of hydrogen-bond donors (Lipinski definition) is 7. The lowest BCUT2D eigenvalue weighted by Crippen LogP contribution is -2.57. The maximum Gasteiger partial charge on any atom is 0.326 e. The van der Waals surface area contributed by atoms with Gasteiger partial charge in [-0.05, 0) is 24.0 Å². The summed E-state index contributed by atoms with van der Waals surface area (Å²) in [5, 5.41) is 17.4. The van der Waals surface area contributed by atoms with Gasteiger partial charge in [-0.15, -0.1) is 0 Å². The Labute approximate surface area is 221 Å². The number of carboxylic acid groups (broad SMARTS) is 1. The van der Waals surface area contributed by atoms with E-state index < -0.39 is 41.8 Å². The second-order valence-electron chi connectivity index (χ2n) is 8.61. The Morgan fingerprint density at radius 2 is 1.24 bits per heavy atom. The van der Waals surface area contributed by atoms with Crippen LogP contribution in [0, 0.1) is 0 Å². The molecule has 0 bridgehead atoms. The van der Waals surface area contributed by atoms with Gasteiger partial charge in [-0.3, -0.25) is 19.4 Å². The topological polar surface area (TPSA) is 215 Å². The third kappa shape index (κ3) is 10.7. The molecule has 204 valence electrons. The molecule has 0 radical (unpaired) electrons. The van der Waals surface area contributed by atoms with Crippen molar-refractivity contribution in [1.82, 2.24) is 16.0 Å². The highest BCUT2D eigenvalue weighted by Gasteiger charge is 2.29. The molecule has 3 amide bonds. The highest BCUT2D eigenvalue weighted by atomic mass is 16.4. The number of benzene rings is 2. The number of nitrogens with zero attached hydrogens (tertiary/aromatic N) is 1. The predicted octanol–water partition coefficient (Wildman–Crippen LogP) is -0.977. The van der Waals surface area contributed by atoms with Crippen molar-refractivity contribution in [2.45, 2.75) is 43.8 Å². The minimum Gasteiger partial charge on any atom is -0.480 e. The molecule has 0 heterocycles. The number of carboxylic acids is 1. The Morgan fingerprint density at radius 1 is 0.763 bits per heavy atom. The van der Waals surface area contributed by atoms with Crippen molar-refractivity contribution in [2.75, 3.05) is 13.1 Å². The Bertz CT molecular complexity index is 1090. The number of aliphatic imine (C=N–C) groups is 1. The fourth-order valence-corrected chi connectivity index (χ4v) is 3.68. The standard InChI is InChI=1S/C26H35N7O5/c27-16-22(34)31-20(14-17-8-3-1-4-9-17)23(35)33-21(15-18-10-5-2-6-11-18)24(36)32-19(25(37)38)12-7-13-30-26(28)29/h1-6,8-11,19-21H,7,12-16,27H2,(H,31,34)(H,32,36)(H,33,35)(H,37,38)(H4,28,29,30)/t19-,20-,21-/m0/s1. The number of rotatable bonds is 15. The molecule has 38 heavy (non-hydrogen) atoms. The molecule has 0 aliphatic rings. The van der Waals surface area contributed by atoms with E-state index in [9.17, 15) is 24.3 Å². The molecule has 0 aromatic heterocycles. The van der Waals surface area contributed by atoms with Crippen LogP contribution in [0.25, 0.3) is 0 Å². The van der Waals surface area contributed by atoms with Crippen molar-refractivity contribution < 1.29 is 24.3 Å². The van der Waals surface area contributed by atoms with Crippen molar-refractivity contribution in [3.63, 3.8) is 0 Å². The summed E-state index contributed by atoms with van der Waals surface area (Å²) in [5.74, 6) is -3.16. The quantitative estimate of drug-likeness (QED) is 0.0869. The summed E-state index contributed by atoms with van der Waals surface area (Å²) in [6, 6.07) is 14.7. The van der Waals surface area contributed by atoms with Gasteiger partial charge in [0.15, 0.2) is 5.96 Å². The first-order valence-electron chi connectivity index (χ1n) is 12.2. The third-order valence-electron chi connectivity index (χ3n) is 5.60. The Hall–Kier alpha value is -4.45. The lowest BCUT2D eigenvalue weighted by molar-refractivity contribution is -0.142. The van der Waals surface area contributed by atoms with Gasteiger partial charge in [-0.1, -0.05) is 60.7 Å². The summed E-state index contributed by atoms with van der Waals surface area (Å²) in [4.78, 5) is 54.2. The largest absolute Gasteiger partial charge is 0.480 e. The predicted molar refractivity (Wildman–Crippen MR) is 143 cm³/mol. The van der Waals surface area contributed by atoms with Gasteiger partial charge >= 0.3 is 5.97 Å². The number of carbonyl (C=O) groups is 4. The van der Waals surface area contributed by atoms with Crippen molar-refractivity contribution in [1.29, 1.82) is 0 Å². The fourth-order valence-electron chi connectivity index (χ4n) is 3.68. The molecule has 2 aromatic carbocycles. The maximum absolute atomic E-state index is 13.3. The average Bonchev–Trinajstić information content (AvgIpc) is 2.90. The van der Waals surface area contributed by atoms with E-state index in [1.54, 1.807) is 36.4 Å². The van der Waals surface area contributed by atoms with Crippen LogP contribution in [-0.4, -0.2) is 66.0 Å². The summed E-state index contributed by atoms with van der Waals surface area (Å²) in [5.41, 5.74) is 17.5. The fraction of sp³-hybridized carbons (Fsp3) is 0.346. The molecule has 0 spiro atoms. The smallest absolute Gasteiger partial charge is 0.326 e. The van der Waals surface area contributed by atoms with Crippen molar-refractivity contribution in [3.8, 4) is 0 Å². The van der Waals surface area contributed by atoms with Crippen LogP contribution in [0.5, 0.6) is 0 Å². The molecule has 2 rings (SSSR count). The van der Waals surface area contributed by atoms with E-state index in [-0.39, 0.29) is 38.3 Å². The number of aliphatic carboxylic acids is 1. The van der Waals surface area contributed by atoms with Gasteiger partial charge < -0.3 is 38.3 Å². The van der Waals surface area contributed by atoms with Crippen LogP contribution in [0.2, 0.25) is 0 Å². The molecular weight excluding hydrogens is 490 g/mol. The third-order valence-corrected chi connectivity index (χ3v) is 5.60. The zero-order valence-corrected chi connectivity index (χ0v) is 21.0. The SMILES string of the molecule is NCC(=O)N[C@@H](Cc1ccccc1)C(=O)N[C@@H](Cc1ccccc1)C(=O)N[C@@H](CCCN=C(N)N)C(=O)O. The van der Waals surface area contributed by atoms with Crippen molar-refractivity contribution in [2.24, 2.45) is 22.2 Å². The lowest BCUT2D eigenvalue weighted by Gasteiger charge is -2.25. The molecule has 0 aliphatic carbocycles. The zero-order chi connectivity index (χ0) is 27.9. The highest BCUT2D eigenvalue weighted by Crippen LogP contribution is 2.08. The molecule has 0 aliphatic heterocycles. The van der Waals surface area contributed by atoms with Gasteiger partial charge in [0.2, 0.25) is 17.7 Å². The van der Waals surface area contributed by atoms with Crippen molar-refractivity contribution >= 4 is 29.7 Å². The van der Waals surface area contributed by atoms with Crippen LogP contribution in [0.1, 0.15) is 24.0 Å². The second kappa shape index (κ2) is 15.6. The molecule has 0 unspecified atom stereocenters. The first-order chi connectivity index (χ1) is 18.2. The first kappa shape index (κ1) is 29.8. The van der Waals surface area contributed by atoms with Crippen LogP contribution in [0.15, 0.2) is 65.7 Å². The summed E-state index contributed by atoms with van der Waals surface area (Å²) < 4.78 is 0. The molecule has 0 saturated heterocycles. The normalized spacial score (nSPS) is 12.9. The number of nitrogens with two attached hydrogens (primary N) is 3. The van der Waals surface area contributed by atoms with Crippen LogP contribution >= 0.6 is 0 Å². The number of hydrogen-bond acceptors (Lipinski definition) is 6. The van der Waals surface area contributed by atoms with Crippen LogP contribution in [0.3, 0.4) is 0 Å². The molecular formula is C26H35N7O5. The average molecular weight is 526 g/mol. The molecule has 0 saturated carbocycles. The Balaban J connectivity index is 2.21. The van der Waals surface area contributed by atoms with Gasteiger partial charge in [0.05, 0.1) is 6.54 Å². The number of carbonyl (C=O) groups excluding carboxylic acids is 3. The molecule has 2 aromatic rings. The molecule has 12 heteroatoms. The number of amides is 3. The summed E-state index contributed by atoms with van der Waals surface area (Å²) in [6.07, 6.45) is 0.657. The highest BCUT2D eigenvalue weighted by molar-refractivity contribution is 5.94. The van der Waals surface area contributed by atoms with Gasteiger partial charge in [-0.2, -0.15) is 0 Å². The Morgan fingerprint density at radius 3 is 1.68 bits per heavy atom. The van der Waals surface area contributed by atoms with E-state index in [2.05, 4.69) is 20.9 Å². The first-order valence-corrected chi connectivity index (χ1v) is 12.2. The molecule has 3 atom stereocenters. The lowest BCUT2D eigenvalue weighted by atomic mass is 10.0. The molecule has 0 fully saturated rings. The summed E-state index contributed by atoms with van der Waals surface area (Å²) in [7, 11) is 0. The maximum atomic E-state index is 13.3. The minimum atomic E-state index is -1.23. The van der Waals surface area contributed by atoms with Crippen LogP contribution in [-0.2, 0) is 32.0 Å². The number of guanidine groups is 1. The summed E-state index contributed by atoms with van der Waals surface area (Å²) >= 11 is 0. The minimum absolute atomic E-state index is 0.0764. The van der Waals surface area contributed by atoms with Gasteiger partial charge in [-0.25, -0.2) is 4.79 Å². The zero-order valence-electron chi connectivity index (χ0n) is 21.0. The van der Waals surface area contributed by atoms with E-state index >= 15 is 0 Å². The van der Waals surface area contributed by atoms with Crippen LogP contribution in [0.4, 0.5) is 0 Å². The summed E-state index contributed by atoms with van der Waals surface area (Å²) in [6.45, 7) is -0.110. The molecule has 10 N–H and O–H groups in total. The van der Waals surface area contributed by atoms with Gasteiger partial charge in [0, 0.05) is 19.4 Å². The van der Waals surface area contributed by atoms with E-state index in [1.807, 2.05) is 24.3 Å². The van der Waals surface area contributed by atoms with E-state index in [0.29, 0.717) is 6.42 Å². The molecule has 12 nitrogen and oxygen atoms in total. The van der Waals surface area contributed by atoms with E-state index in [4.69, 9.17) is 17.2 Å². The van der Waals surface area contributed by atoms with Gasteiger partial charge in [0.25, 0.3) is 0 Å². The van der Waals surface area contributed by atoms with Gasteiger partial charge in [0.1, 0.15) is 18.1 Å². The van der Waals surface area contributed by atoms with E-state index in [1.165, 1.54) is 0 Å². The van der Waals surface area contributed by atoms with Crippen LogP contribution < -0.4 is 33.2 Å². The monoisotopic (exact) mass is 525 g/mol. The second-order valence-corrected chi connectivity index (χ2v) is 8.61. The number of nitrogens with one attached hydrogen (secondary N) is 3. The van der Waals surface area contributed by atoms with Crippen molar-refractivity contribution in [3.05, 3.63) is 71.8 Å².